The van der Waals surface area contributed by atoms with E-state index in [1.807, 2.05) is 23.1 Å². The number of rotatable bonds is 8. The maximum atomic E-state index is 13.4. The van der Waals surface area contributed by atoms with Gasteiger partial charge in [0, 0.05) is 55.5 Å². The first-order valence-electron chi connectivity index (χ1n) is 14.7. The molecule has 3 aliphatic rings. The maximum absolute atomic E-state index is 13.4. The summed E-state index contributed by atoms with van der Waals surface area (Å²) in [7, 11) is 1.58. The first-order valence-corrected chi connectivity index (χ1v) is 14.7. The highest BCUT2D eigenvalue weighted by molar-refractivity contribution is 5.97. The molecule has 1 atom stereocenters. The number of ether oxygens (including phenoxy) is 3. The van der Waals surface area contributed by atoms with Crippen molar-refractivity contribution >= 4 is 17.5 Å². The largest absolute Gasteiger partial charge is 0.496 e. The fourth-order valence-corrected chi connectivity index (χ4v) is 6.01. The molecule has 2 aromatic carbocycles. The van der Waals surface area contributed by atoms with E-state index < -0.39 is 0 Å². The van der Waals surface area contributed by atoms with Gasteiger partial charge < -0.3 is 24.4 Å². The lowest BCUT2D eigenvalue weighted by Crippen LogP contribution is -2.37. The second-order valence-corrected chi connectivity index (χ2v) is 11.0. The van der Waals surface area contributed by atoms with E-state index in [9.17, 15) is 10.1 Å². The molecule has 1 aromatic heterocycles. The van der Waals surface area contributed by atoms with Crippen molar-refractivity contribution in [3.05, 3.63) is 59.8 Å². The number of carbonyl (C=O) groups is 1. The Morgan fingerprint density at radius 3 is 2.67 bits per heavy atom. The number of hydrogen-bond donors (Lipinski definition) is 1. The molecule has 0 radical (unpaired) electrons. The predicted molar refractivity (Wildman–Crippen MR) is 158 cm³/mol. The lowest BCUT2D eigenvalue weighted by atomic mass is 10.1. The lowest BCUT2D eigenvalue weighted by molar-refractivity contribution is 0.0254. The van der Waals surface area contributed by atoms with Crippen molar-refractivity contribution in [2.24, 2.45) is 0 Å². The van der Waals surface area contributed by atoms with Crippen molar-refractivity contribution in [2.45, 2.75) is 44.2 Å². The Balaban J connectivity index is 1.14. The molecule has 0 aliphatic carbocycles. The Kier molecular flexibility index (Phi) is 8.49. The number of methoxy groups -OCH3 is 1. The molecule has 42 heavy (non-hydrogen) atoms. The average Bonchev–Trinajstić information content (AvgIpc) is 3.75. The Morgan fingerprint density at radius 2 is 1.88 bits per heavy atom. The van der Waals surface area contributed by atoms with E-state index in [-0.39, 0.29) is 12.0 Å². The van der Waals surface area contributed by atoms with Gasteiger partial charge in [-0.05, 0) is 68.8 Å². The smallest absolute Gasteiger partial charge is 0.257 e. The molecule has 218 valence electrons. The van der Waals surface area contributed by atoms with E-state index in [4.69, 9.17) is 14.2 Å². The SMILES string of the molecule is COc1cc(Nc2nccc(-c3ccc(OC4CCOCC4)c(C#N)c3)n2)ccc1C(=O)N1CCC(N2CCCC2)C1. The van der Waals surface area contributed by atoms with E-state index in [2.05, 4.69) is 26.3 Å². The molecule has 1 unspecified atom stereocenters. The Bertz CT molecular complexity index is 1460. The third-order valence-corrected chi connectivity index (χ3v) is 8.31. The van der Waals surface area contributed by atoms with Gasteiger partial charge in [0.15, 0.2) is 0 Å². The van der Waals surface area contributed by atoms with Gasteiger partial charge in [0.05, 0.1) is 37.1 Å². The quantitative estimate of drug-likeness (QED) is 0.415. The fraction of sp³-hybridized carbons (Fsp3) is 0.438. The molecule has 0 saturated carbocycles. The monoisotopic (exact) mass is 568 g/mol. The minimum absolute atomic E-state index is 0.00381. The summed E-state index contributed by atoms with van der Waals surface area (Å²) >= 11 is 0. The van der Waals surface area contributed by atoms with Gasteiger partial charge in [-0.25, -0.2) is 9.97 Å². The first-order chi connectivity index (χ1) is 20.6. The minimum Gasteiger partial charge on any atom is -0.496 e. The van der Waals surface area contributed by atoms with Crippen LogP contribution in [-0.2, 0) is 4.74 Å². The van der Waals surface area contributed by atoms with Crippen LogP contribution in [0.3, 0.4) is 0 Å². The van der Waals surface area contributed by atoms with E-state index in [0.717, 1.165) is 51.0 Å². The second-order valence-electron chi connectivity index (χ2n) is 11.0. The standard InChI is InChI=1S/C32H36N6O4/c1-40-30-19-24(5-6-27(30)31(39)38-15-9-25(21-38)37-13-2-3-14-37)35-32-34-12-8-28(36-32)22-4-7-29(23(18-22)20-33)42-26-10-16-41-17-11-26/h4-8,12,18-19,25-26H,2-3,9-11,13-17,21H2,1H3,(H,34,35,36). The number of amides is 1. The number of nitrogens with zero attached hydrogens (tertiary/aromatic N) is 5. The molecule has 3 aromatic rings. The van der Waals surface area contributed by atoms with Crippen molar-refractivity contribution < 1.29 is 19.0 Å². The fourth-order valence-electron chi connectivity index (χ4n) is 6.01. The zero-order valence-corrected chi connectivity index (χ0v) is 23.9. The highest BCUT2D eigenvalue weighted by Gasteiger charge is 2.33. The molecule has 3 saturated heterocycles. The van der Waals surface area contributed by atoms with E-state index in [1.54, 1.807) is 37.6 Å². The van der Waals surface area contributed by atoms with Crippen molar-refractivity contribution in [2.75, 3.05) is 51.8 Å². The summed E-state index contributed by atoms with van der Waals surface area (Å²) in [6.07, 6.45) is 6.85. The summed E-state index contributed by atoms with van der Waals surface area (Å²) in [5.74, 6) is 1.46. The van der Waals surface area contributed by atoms with Crippen LogP contribution in [-0.4, -0.2) is 84.3 Å². The van der Waals surface area contributed by atoms with E-state index in [0.29, 0.717) is 59.2 Å². The molecular weight excluding hydrogens is 532 g/mol. The number of carbonyl (C=O) groups excluding carboxylic acids is 1. The van der Waals surface area contributed by atoms with Crippen LogP contribution in [0, 0.1) is 11.3 Å². The van der Waals surface area contributed by atoms with Crippen molar-refractivity contribution in [1.29, 1.82) is 5.26 Å². The Labute approximate surface area is 246 Å². The predicted octanol–water partition coefficient (Wildman–Crippen LogP) is 4.64. The number of hydrogen-bond acceptors (Lipinski definition) is 9. The van der Waals surface area contributed by atoms with Crippen LogP contribution in [0.4, 0.5) is 11.6 Å². The highest BCUT2D eigenvalue weighted by Crippen LogP contribution is 2.30. The topological polar surface area (TPSA) is 113 Å². The van der Waals surface area contributed by atoms with Gasteiger partial charge in [-0.15, -0.1) is 0 Å². The summed E-state index contributed by atoms with van der Waals surface area (Å²) in [6, 6.07) is 15.5. The second kappa shape index (κ2) is 12.8. The van der Waals surface area contributed by atoms with Gasteiger partial charge in [0.25, 0.3) is 5.91 Å². The summed E-state index contributed by atoms with van der Waals surface area (Å²) in [6.45, 7) is 5.14. The Morgan fingerprint density at radius 1 is 1.05 bits per heavy atom. The lowest BCUT2D eigenvalue weighted by Gasteiger charge is -2.24. The third-order valence-electron chi connectivity index (χ3n) is 8.31. The van der Waals surface area contributed by atoms with E-state index >= 15 is 0 Å². The molecule has 6 rings (SSSR count). The first kappa shape index (κ1) is 27.9. The van der Waals surface area contributed by atoms with Crippen LogP contribution in [0.5, 0.6) is 11.5 Å². The molecule has 0 bridgehead atoms. The summed E-state index contributed by atoms with van der Waals surface area (Å²) in [4.78, 5) is 26.9. The zero-order valence-electron chi connectivity index (χ0n) is 23.9. The molecule has 3 fully saturated rings. The molecule has 0 spiro atoms. The number of nitrogens with one attached hydrogen (secondary N) is 1. The van der Waals surface area contributed by atoms with Crippen LogP contribution < -0.4 is 14.8 Å². The normalized spacial score (nSPS) is 19.4. The van der Waals surface area contributed by atoms with Gasteiger partial charge in [-0.2, -0.15) is 5.26 Å². The minimum atomic E-state index is -0.00381. The zero-order chi connectivity index (χ0) is 28.9. The molecule has 10 nitrogen and oxygen atoms in total. The average molecular weight is 569 g/mol. The molecule has 4 heterocycles. The van der Waals surface area contributed by atoms with Gasteiger partial charge in [0.1, 0.15) is 23.7 Å². The molecule has 1 amide bonds. The van der Waals surface area contributed by atoms with Crippen molar-refractivity contribution in [3.63, 3.8) is 0 Å². The van der Waals surface area contributed by atoms with Gasteiger partial charge >= 0.3 is 0 Å². The molecule has 3 aliphatic heterocycles. The van der Waals surface area contributed by atoms with Crippen molar-refractivity contribution in [3.8, 4) is 28.8 Å². The number of anilines is 2. The maximum Gasteiger partial charge on any atom is 0.257 e. The number of likely N-dealkylation sites (tertiary alicyclic amines) is 2. The molecular formula is C32H36N6O4. The van der Waals surface area contributed by atoms with Crippen molar-refractivity contribution in [1.82, 2.24) is 19.8 Å². The summed E-state index contributed by atoms with van der Waals surface area (Å²) < 4.78 is 17.1. The summed E-state index contributed by atoms with van der Waals surface area (Å²) in [5.41, 5.74) is 3.17. The Hall–Kier alpha value is -4.20. The van der Waals surface area contributed by atoms with Gasteiger partial charge in [-0.3, -0.25) is 9.69 Å². The van der Waals surface area contributed by atoms with Crippen LogP contribution in [0.2, 0.25) is 0 Å². The van der Waals surface area contributed by atoms with Crippen LogP contribution in [0.15, 0.2) is 48.7 Å². The highest BCUT2D eigenvalue weighted by atomic mass is 16.5. The number of benzene rings is 2. The molecule has 1 N–H and O–H groups in total. The summed E-state index contributed by atoms with van der Waals surface area (Å²) in [5, 5.41) is 13.0. The number of nitriles is 1. The van der Waals surface area contributed by atoms with E-state index in [1.165, 1.54) is 12.8 Å². The molecule has 10 heteroatoms. The third kappa shape index (κ3) is 6.17. The van der Waals surface area contributed by atoms with Crippen LogP contribution in [0.25, 0.3) is 11.3 Å². The van der Waals surface area contributed by atoms with Gasteiger partial charge in [0.2, 0.25) is 5.95 Å². The number of aromatic nitrogens is 2. The van der Waals surface area contributed by atoms with Crippen LogP contribution >= 0.6 is 0 Å². The van der Waals surface area contributed by atoms with Gasteiger partial charge in [-0.1, -0.05) is 0 Å². The van der Waals surface area contributed by atoms with Crippen LogP contribution in [0.1, 0.15) is 48.0 Å².